The summed E-state index contributed by atoms with van der Waals surface area (Å²) >= 11 is 0. The number of halogens is 2. The van der Waals surface area contributed by atoms with Crippen molar-refractivity contribution in [2.24, 2.45) is 11.7 Å². The number of amides is 1. The van der Waals surface area contributed by atoms with Crippen LogP contribution in [-0.2, 0) is 6.54 Å². The average Bonchev–Trinajstić information content (AvgIpc) is 3.00. The predicted octanol–water partition coefficient (Wildman–Crippen LogP) is 2.88. The quantitative estimate of drug-likeness (QED) is 0.818. The van der Waals surface area contributed by atoms with Gasteiger partial charge in [0.25, 0.3) is 5.91 Å². The highest BCUT2D eigenvalue weighted by Crippen LogP contribution is 2.16. The van der Waals surface area contributed by atoms with E-state index in [1.54, 1.807) is 12.5 Å². The second kappa shape index (κ2) is 9.67. The number of carbonyl (C=O) groups is 1. The van der Waals surface area contributed by atoms with Crippen LogP contribution in [0.5, 0.6) is 0 Å². The van der Waals surface area contributed by atoms with Gasteiger partial charge in [-0.3, -0.25) is 4.79 Å². The highest BCUT2D eigenvalue weighted by molar-refractivity contribution is 5.94. The summed E-state index contributed by atoms with van der Waals surface area (Å²) in [6.07, 6.45) is 5.44. The SMILES string of the molecule is CC(C)C(C)(CN)NC(=O)c1ccc(Cn2ccnc2)cc1.Cl.Cl. The highest BCUT2D eigenvalue weighted by Gasteiger charge is 2.28. The topological polar surface area (TPSA) is 72.9 Å². The van der Waals surface area contributed by atoms with Crippen molar-refractivity contribution < 1.29 is 4.79 Å². The van der Waals surface area contributed by atoms with Crippen molar-refractivity contribution in [1.82, 2.24) is 14.9 Å². The fourth-order valence-corrected chi connectivity index (χ4v) is 2.12. The Balaban J connectivity index is 0.00000264. The lowest BCUT2D eigenvalue weighted by atomic mass is 9.88. The fourth-order valence-electron chi connectivity index (χ4n) is 2.12. The number of carbonyl (C=O) groups excluding carboxylic acids is 1. The van der Waals surface area contributed by atoms with Crippen molar-refractivity contribution in [1.29, 1.82) is 0 Å². The second-order valence-electron chi connectivity index (χ2n) is 6.16. The first-order chi connectivity index (χ1) is 10.4. The molecule has 1 heterocycles. The van der Waals surface area contributed by atoms with Gasteiger partial charge in [-0.05, 0) is 30.5 Å². The lowest BCUT2D eigenvalue weighted by Crippen LogP contribution is -2.55. The molecule has 0 saturated heterocycles. The van der Waals surface area contributed by atoms with Gasteiger partial charge in [-0.25, -0.2) is 4.98 Å². The first kappa shape index (κ1) is 22.4. The number of nitrogens with zero attached hydrogens (tertiary/aromatic N) is 2. The van der Waals surface area contributed by atoms with Crippen LogP contribution in [0.3, 0.4) is 0 Å². The van der Waals surface area contributed by atoms with Crippen LogP contribution >= 0.6 is 24.8 Å². The minimum atomic E-state index is -0.396. The molecule has 1 amide bonds. The maximum atomic E-state index is 12.4. The van der Waals surface area contributed by atoms with Crippen molar-refractivity contribution in [3.63, 3.8) is 0 Å². The summed E-state index contributed by atoms with van der Waals surface area (Å²) in [5.41, 5.74) is 7.19. The third-order valence-electron chi connectivity index (χ3n) is 4.24. The molecular weight excluding hydrogens is 347 g/mol. The lowest BCUT2D eigenvalue weighted by Gasteiger charge is -2.33. The molecule has 0 aliphatic rings. The lowest BCUT2D eigenvalue weighted by molar-refractivity contribution is 0.0883. The van der Waals surface area contributed by atoms with E-state index in [0.29, 0.717) is 12.1 Å². The Kier molecular flexibility index (Phi) is 9.04. The Labute approximate surface area is 155 Å². The van der Waals surface area contributed by atoms with Gasteiger partial charge in [0.2, 0.25) is 0 Å². The molecule has 1 aromatic carbocycles. The first-order valence-corrected chi connectivity index (χ1v) is 7.52. The highest BCUT2D eigenvalue weighted by atomic mass is 35.5. The van der Waals surface area contributed by atoms with Crippen molar-refractivity contribution in [2.75, 3.05) is 6.54 Å². The van der Waals surface area contributed by atoms with Crippen molar-refractivity contribution >= 4 is 30.7 Å². The zero-order valence-corrected chi connectivity index (χ0v) is 15.9. The van der Waals surface area contributed by atoms with Crippen molar-refractivity contribution in [2.45, 2.75) is 32.9 Å². The molecule has 134 valence electrons. The molecule has 5 nitrogen and oxygen atoms in total. The third kappa shape index (κ3) is 5.51. The molecule has 7 heteroatoms. The van der Waals surface area contributed by atoms with E-state index in [-0.39, 0.29) is 36.6 Å². The van der Waals surface area contributed by atoms with E-state index >= 15 is 0 Å². The molecule has 1 atom stereocenters. The van der Waals surface area contributed by atoms with Gasteiger partial charge >= 0.3 is 0 Å². The van der Waals surface area contributed by atoms with Crippen molar-refractivity contribution in [3.8, 4) is 0 Å². The maximum Gasteiger partial charge on any atom is 0.251 e. The van der Waals surface area contributed by atoms with E-state index in [2.05, 4.69) is 24.1 Å². The molecule has 0 fully saturated rings. The summed E-state index contributed by atoms with van der Waals surface area (Å²) in [6.45, 7) is 7.25. The standard InChI is InChI=1S/C17H24N4O.2ClH/c1-13(2)17(3,11-18)20-16(22)15-6-4-14(5-7-15)10-21-9-8-19-12-21;;/h4-9,12-13H,10-11,18H2,1-3H3,(H,20,22);2*1H. The summed E-state index contributed by atoms with van der Waals surface area (Å²) in [5, 5.41) is 3.04. The molecule has 24 heavy (non-hydrogen) atoms. The molecule has 0 aliphatic carbocycles. The molecule has 2 aromatic rings. The van der Waals surface area contributed by atoms with E-state index in [1.807, 2.05) is 42.0 Å². The van der Waals surface area contributed by atoms with Crippen LogP contribution in [0, 0.1) is 5.92 Å². The number of nitrogens with one attached hydrogen (secondary N) is 1. The van der Waals surface area contributed by atoms with Crippen LogP contribution in [0.1, 0.15) is 36.7 Å². The van der Waals surface area contributed by atoms with Crippen LogP contribution in [0.25, 0.3) is 0 Å². The van der Waals surface area contributed by atoms with Gasteiger partial charge in [0, 0.05) is 31.0 Å². The van der Waals surface area contributed by atoms with Gasteiger partial charge in [-0.1, -0.05) is 26.0 Å². The summed E-state index contributed by atoms with van der Waals surface area (Å²) in [7, 11) is 0. The number of rotatable bonds is 6. The summed E-state index contributed by atoms with van der Waals surface area (Å²) in [5.74, 6) is 0.179. The molecule has 1 unspecified atom stereocenters. The van der Waals surface area contributed by atoms with E-state index in [9.17, 15) is 4.79 Å². The molecule has 0 radical (unpaired) electrons. The van der Waals surface area contributed by atoms with Crippen LogP contribution in [0.2, 0.25) is 0 Å². The van der Waals surface area contributed by atoms with Crippen LogP contribution in [0.4, 0.5) is 0 Å². The van der Waals surface area contributed by atoms with E-state index in [1.165, 1.54) is 0 Å². The van der Waals surface area contributed by atoms with E-state index in [4.69, 9.17) is 5.73 Å². The Hall–Kier alpha value is -1.56. The molecule has 1 aromatic heterocycles. The second-order valence-corrected chi connectivity index (χ2v) is 6.16. The third-order valence-corrected chi connectivity index (χ3v) is 4.24. The molecule has 0 bridgehead atoms. The molecule has 2 rings (SSSR count). The zero-order chi connectivity index (χ0) is 16.2. The van der Waals surface area contributed by atoms with Gasteiger partial charge in [0.1, 0.15) is 0 Å². The van der Waals surface area contributed by atoms with Gasteiger partial charge in [0.15, 0.2) is 0 Å². The Morgan fingerprint density at radius 2 is 1.92 bits per heavy atom. The number of hydrogen-bond donors (Lipinski definition) is 2. The Morgan fingerprint density at radius 3 is 2.38 bits per heavy atom. The average molecular weight is 373 g/mol. The molecular formula is C17H26Cl2N4O. The molecule has 0 spiro atoms. The maximum absolute atomic E-state index is 12.4. The van der Waals surface area contributed by atoms with Crippen LogP contribution < -0.4 is 11.1 Å². The number of benzene rings is 1. The first-order valence-electron chi connectivity index (χ1n) is 7.52. The summed E-state index contributed by atoms with van der Waals surface area (Å²) in [6, 6.07) is 7.62. The Bertz CT molecular complexity index is 614. The summed E-state index contributed by atoms with van der Waals surface area (Å²) in [4.78, 5) is 16.4. The fraction of sp³-hybridized carbons (Fsp3) is 0.412. The molecule has 0 saturated carbocycles. The minimum absolute atomic E-state index is 0. The molecule has 0 aliphatic heterocycles. The normalized spacial score (nSPS) is 12.7. The van der Waals surface area contributed by atoms with E-state index < -0.39 is 5.54 Å². The zero-order valence-electron chi connectivity index (χ0n) is 14.2. The van der Waals surface area contributed by atoms with E-state index in [0.717, 1.165) is 12.1 Å². The number of imidazole rings is 1. The smallest absolute Gasteiger partial charge is 0.251 e. The Morgan fingerprint density at radius 1 is 1.29 bits per heavy atom. The number of hydrogen-bond acceptors (Lipinski definition) is 3. The largest absolute Gasteiger partial charge is 0.345 e. The van der Waals surface area contributed by atoms with Crippen LogP contribution in [0.15, 0.2) is 43.0 Å². The van der Waals surface area contributed by atoms with Gasteiger partial charge in [-0.15, -0.1) is 24.8 Å². The molecule has 3 N–H and O–H groups in total. The summed E-state index contributed by atoms with van der Waals surface area (Å²) < 4.78 is 1.99. The number of aromatic nitrogens is 2. The van der Waals surface area contributed by atoms with Gasteiger partial charge < -0.3 is 15.6 Å². The van der Waals surface area contributed by atoms with Gasteiger partial charge in [0.05, 0.1) is 11.9 Å². The van der Waals surface area contributed by atoms with Crippen molar-refractivity contribution in [3.05, 3.63) is 54.1 Å². The predicted molar refractivity (Wildman–Crippen MR) is 102 cm³/mol. The van der Waals surface area contributed by atoms with Crippen LogP contribution in [-0.4, -0.2) is 27.5 Å². The minimum Gasteiger partial charge on any atom is -0.345 e. The number of nitrogens with two attached hydrogens (primary N) is 1. The monoisotopic (exact) mass is 372 g/mol. The van der Waals surface area contributed by atoms with Gasteiger partial charge in [-0.2, -0.15) is 0 Å².